The first-order chi connectivity index (χ1) is 8.10. The average molecular weight is 237 g/mol. The number of carbonyl (C=O) groups is 1. The minimum atomic E-state index is -0.409. The molecule has 1 aliphatic heterocycles. The maximum Gasteiger partial charge on any atom is 0.232 e. The molecular weight excluding hydrogens is 221 g/mol. The van der Waals surface area contributed by atoms with Crippen LogP contribution in [0.4, 0.5) is 10.2 Å². The lowest BCUT2D eigenvalue weighted by Crippen LogP contribution is -2.46. The zero-order valence-electron chi connectivity index (χ0n) is 9.79. The number of anilines is 1. The molecule has 1 aromatic rings. The van der Waals surface area contributed by atoms with Gasteiger partial charge >= 0.3 is 0 Å². The minimum Gasteiger partial charge on any atom is -0.316 e. The normalized spacial score (nSPS) is 24.4. The van der Waals surface area contributed by atoms with Crippen LogP contribution < -0.4 is 10.6 Å². The Morgan fingerprint density at radius 2 is 2.41 bits per heavy atom. The molecule has 0 radical (unpaired) electrons. The molecule has 1 fully saturated rings. The van der Waals surface area contributed by atoms with Crippen molar-refractivity contribution in [3.05, 3.63) is 24.1 Å². The molecule has 4 nitrogen and oxygen atoms in total. The van der Waals surface area contributed by atoms with E-state index in [1.807, 2.05) is 6.92 Å². The summed E-state index contributed by atoms with van der Waals surface area (Å²) in [7, 11) is 0. The number of hydrogen-bond acceptors (Lipinski definition) is 3. The Bertz CT molecular complexity index is 399. The summed E-state index contributed by atoms with van der Waals surface area (Å²) < 4.78 is 12.7. The van der Waals surface area contributed by atoms with Gasteiger partial charge in [0, 0.05) is 6.54 Å². The fourth-order valence-electron chi connectivity index (χ4n) is 1.97. The Hall–Kier alpha value is -1.49. The van der Waals surface area contributed by atoms with Gasteiger partial charge in [0.05, 0.1) is 11.6 Å². The molecular formula is C12H16FN3O. The predicted octanol–water partition coefficient (Wildman–Crippen LogP) is 1.55. The molecule has 2 N–H and O–H groups in total. The standard InChI is InChI=1S/C12H16FN3O/c1-12(5-2-6-14-8-12)11(17)16-10-4-3-9(13)7-15-10/h3-4,7,14H,2,5-6,8H2,1H3,(H,15,16,17). The molecule has 1 amide bonds. The van der Waals surface area contributed by atoms with Crippen LogP contribution in [0.3, 0.4) is 0 Å². The number of pyridine rings is 1. The van der Waals surface area contributed by atoms with Crippen molar-refractivity contribution in [2.75, 3.05) is 18.4 Å². The van der Waals surface area contributed by atoms with Crippen molar-refractivity contribution < 1.29 is 9.18 Å². The highest BCUT2D eigenvalue weighted by molar-refractivity contribution is 5.94. The molecule has 0 saturated carbocycles. The van der Waals surface area contributed by atoms with Crippen LogP contribution in [0.5, 0.6) is 0 Å². The van der Waals surface area contributed by atoms with Gasteiger partial charge in [-0.2, -0.15) is 0 Å². The van der Waals surface area contributed by atoms with Crippen molar-refractivity contribution in [1.82, 2.24) is 10.3 Å². The van der Waals surface area contributed by atoms with E-state index in [1.165, 1.54) is 12.1 Å². The SMILES string of the molecule is CC1(C(=O)Nc2ccc(F)cn2)CCCNC1. The third kappa shape index (κ3) is 2.79. The molecule has 0 spiro atoms. The van der Waals surface area contributed by atoms with Crippen LogP contribution >= 0.6 is 0 Å². The van der Waals surface area contributed by atoms with E-state index in [2.05, 4.69) is 15.6 Å². The molecule has 17 heavy (non-hydrogen) atoms. The number of hydrogen-bond donors (Lipinski definition) is 2. The first kappa shape index (κ1) is 12.0. The van der Waals surface area contributed by atoms with Gasteiger partial charge in [-0.1, -0.05) is 0 Å². The summed E-state index contributed by atoms with van der Waals surface area (Å²) in [5, 5.41) is 5.93. The Morgan fingerprint density at radius 3 is 3.00 bits per heavy atom. The smallest absolute Gasteiger partial charge is 0.232 e. The summed E-state index contributed by atoms with van der Waals surface area (Å²) in [5.41, 5.74) is -0.408. The Labute approximate surface area is 99.6 Å². The number of nitrogens with one attached hydrogen (secondary N) is 2. The Balaban J connectivity index is 2.03. The van der Waals surface area contributed by atoms with Crippen LogP contribution in [0.1, 0.15) is 19.8 Å². The van der Waals surface area contributed by atoms with Crippen LogP contribution in [-0.4, -0.2) is 24.0 Å². The first-order valence-electron chi connectivity index (χ1n) is 5.74. The summed E-state index contributed by atoms with van der Waals surface area (Å²) in [6.07, 6.45) is 2.94. The highest BCUT2D eigenvalue weighted by Crippen LogP contribution is 2.26. The second kappa shape index (κ2) is 4.79. The summed E-state index contributed by atoms with van der Waals surface area (Å²) in [4.78, 5) is 15.9. The van der Waals surface area contributed by atoms with Gasteiger partial charge in [0.2, 0.25) is 5.91 Å². The third-order valence-corrected chi connectivity index (χ3v) is 3.11. The van der Waals surface area contributed by atoms with Crippen molar-refractivity contribution in [3.63, 3.8) is 0 Å². The molecule has 5 heteroatoms. The number of carbonyl (C=O) groups excluding carboxylic acids is 1. The number of aromatic nitrogens is 1. The fourth-order valence-corrected chi connectivity index (χ4v) is 1.97. The number of piperidine rings is 1. The van der Waals surface area contributed by atoms with Crippen LogP contribution in [0.2, 0.25) is 0 Å². The maximum absolute atomic E-state index is 12.7. The quantitative estimate of drug-likeness (QED) is 0.820. The third-order valence-electron chi connectivity index (χ3n) is 3.11. The van der Waals surface area contributed by atoms with Gasteiger partial charge < -0.3 is 10.6 Å². The van der Waals surface area contributed by atoms with Crippen molar-refractivity contribution in [2.24, 2.45) is 5.41 Å². The van der Waals surface area contributed by atoms with Crippen LogP contribution in [0.15, 0.2) is 18.3 Å². The van der Waals surface area contributed by atoms with Crippen molar-refractivity contribution in [3.8, 4) is 0 Å². The van der Waals surface area contributed by atoms with Gasteiger partial charge in [0.25, 0.3) is 0 Å². The molecule has 1 aromatic heterocycles. The second-order valence-corrected chi connectivity index (χ2v) is 4.66. The largest absolute Gasteiger partial charge is 0.316 e. The van der Waals surface area contributed by atoms with Gasteiger partial charge in [-0.25, -0.2) is 9.37 Å². The Morgan fingerprint density at radius 1 is 1.59 bits per heavy atom. The predicted molar refractivity (Wildman–Crippen MR) is 63.0 cm³/mol. The van der Waals surface area contributed by atoms with E-state index in [4.69, 9.17) is 0 Å². The molecule has 0 aromatic carbocycles. The first-order valence-corrected chi connectivity index (χ1v) is 5.74. The number of rotatable bonds is 2. The fraction of sp³-hybridized carbons (Fsp3) is 0.500. The molecule has 2 heterocycles. The van der Waals surface area contributed by atoms with E-state index >= 15 is 0 Å². The molecule has 1 atom stereocenters. The molecule has 1 aliphatic rings. The van der Waals surface area contributed by atoms with E-state index in [0.717, 1.165) is 25.6 Å². The van der Waals surface area contributed by atoms with E-state index < -0.39 is 11.2 Å². The van der Waals surface area contributed by atoms with Crippen LogP contribution in [-0.2, 0) is 4.79 Å². The molecule has 92 valence electrons. The topological polar surface area (TPSA) is 54.0 Å². The summed E-state index contributed by atoms with van der Waals surface area (Å²) >= 11 is 0. The van der Waals surface area contributed by atoms with Crippen molar-refractivity contribution in [1.29, 1.82) is 0 Å². The van der Waals surface area contributed by atoms with Crippen molar-refractivity contribution in [2.45, 2.75) is 19.8 Å². The zero-order valence-corrected chi connectivity index (χ0v) is 9.79. The van der Waals surface area contributed by atoms with E-state index in [-0.39, 0.29) is 5.91 Å². The van der Waals surface area contributed by atoms with E-state index in [0.29, 0.717) is 12.4 Å². The summed E-state index contributed by atoms with van der Waals surface area (Å²) in [6.45, 7) is 3.55. The lowest BCUT2D eigenvalue weighted by atomic mass is 9.82. The highest BCUT2D eigenvalue weighted by Gasteiger charge is 2.34. The van der Waals surface area contributed by atoms with Gasteiger partial charge in [0.1, 0.15) is 11.6 Å². The second-order valence-electron chi connectivity index (χ2n) is 4.66. The van der Waals surface area contributed by atoms with Crippen LogP contribution in [0.25, 0.3) is 0 Å². The maximum atomic E-state index is 12.7. The molecule has 1 unspecified atom stereocenters. The zero-order chi connectivity index (χ0) is 12.3. The monoisotopic (exact) mass is 237 g/mol. The molecule has 0 bridgehead atoms. The van der Waals surface area contributed by atoms with E-state index in [1.54, 1.807) is 0 Å². The molecule has 2 rings (SSSR count). The lowest BCUT2D eigenvalue weighted by Gasteiger charge is -2.32. The van der Waals surface area contributed by atoms with Crippen LogP contribution in [0, 0.1) is 11.2 Å². The number of amides is 1. The van der Waals surface area contributed by atoms with Gasteiger partial charge in [-0.3, -0.25) is 4.79 Å². The Kier molecular flexibility index (Phi) is 3.38. The molecule has 1 saturated heterocycles. The summed E-state index contributed by atoms with van der Waals surface area (Å²) in [5.74, 6) is -0.0828. The summed E-state index contributed by atoms with van der Waals surface area (Å²) in [6, 6.07) is 2.75. The molecule has 0 aliphatic carbocycles. The van der Waals surface area contributed by atoms with Crippen molar-refractivity contribution >= 4 is 11.7 Å². The van der Waals surface area contributed by atoms with Gasteiger partial charge in [-0.05, 0) is 38.4 Å². The highest BCUT2D eigenvalue weighted by atomic mass is 19.1. The number of nitrogens with zero attached hydrogens (tertiary/aromatic N) is 1. The van der Waals surface area contributed by atoms with E-state index in [9.17, 15) is 9.18 Å². The van der Waals surface area contributed by atoms with Gasteiger partial charge in [0.15, 0.2) is 0 Å². The average Bonchev–Trinajstić information content (AvgIpc) is 2.33. The lowest BCUT2D eigenvalue weighted by molar-refractivity contribution is -0.125. The minimum absolute atomic E-state index is 0.0659. The number of halogens is 1. The van der Waals surface area contributed by atoms with Gasteiger partial charge in [-0.15, -0.1) is 0 Å².